The number of carbonyl (C=O) groups is 3. The number of aryl methyl sites for hydroxylation is 2. The minimum Gasteiger partial charge on any atom is -0.466 e. The quantitative estimate of drug-likeness (QED) is 0.579. The normalized spacial score (nSPS) is 19.6. The molecule has 142 valence electrons. The Hall–Kier alpha value is -2.47. The molecule has 1 saturated carbocycles. The van der Waals surface area contributed by atoms with Gasteiger partial charge in [0, 0.05) is 18.5 Å². The summed E-state index contributed by atoms with van der Waals surface area (Å²) in [6.45, 7) is 5.71. The molecule has 1 heterocycles. The molecular weight excluding hydrogens is 368 g/mol. The number of benzene rings is 1. The molecule has 0 saturated heterocycles. The van der Waals surface area contributed by atoms with Crippen molar-refractivity contribution in [2.45, 2.75) is 39.5 Å². The number of carbonyl (C=O) groups excluding carboxylic acids is 3. The van der Waals surface area contributed by atoms with Crippen LogP contribution >= 0.6 is 11.6 Å². The minimum atomic E-state index is -0.820. The summed E-state index contributed by atoms with van der Waals surface area (Å²) in [5.41, 5.74) is 3.19. The van der Waals surface area contributed by atoms with Crippen molar-refractivity contribution in [3.8, 4) is 5.69 Å². The predicted molar refractivity (Wildman–Crippen MR) is 100 cm³/mol. The number of esters is 1. The first-order chi connectivity index (χ1) is 12.8. The molecule has 0 spiro atoms. The number of nitrogens with zero attached hydrogens (tertiary/aromatic N) is 2. The summed E-state index contributed by atoms with van der Waals surface area (Å²) in [6.07, 6.45) is 3.27. The van der Waals surface area contributed by atoms with Crippen LogP contribution in [0, 0.1) is 19.8 Å². The molecule has 6 nitrogen and oxygen atoms in total. The number of rotatable bonds is 5. The fourth-order valence-corrected chi connectivity index (χ4v) is 3.87. The van der Waals surface area contributed by atoms with Crippen LogP contribution in [0.3, 0.4) is 0 Å². The van der Waals surface area contributed by atoms with Crippen LogP contribution in [0.2, 0.25) is 5.02 Å². The monoisotopic (exact) mass is 388 g/mol. The predicted octanol–water partition coefficient (Wildman–Crippen LogP) is 3.34. The number of ether oxygens (including phenoxy) is 1. The summed E-state index contributed by atoms with van der Waals surface area (Å²) in [6, 6.07) is 3.76. The lowest BCUT2D eigenvalue weighted by Crippen LogP contribution is -2.20. The molecule has 2 aromatic rings. The average molecular weight is 389 g/mol. The van der Waals surface area contributed by atoms with Gasteiger partial charge in [-0.3, -0.25) is 14.4 Å². The van der Waals surface area contributed by atoms with E-state index >= 15 is 0 Å². The number of hydrogen-bond donors (Lipinski definition) is 0. The lowest BCUT2D eigenvalue weighted by molar-refractivity contribution is -0.145. The van der Waals surface area contributed by atoms with Crippen LogP contribution in [0.4, 0.5) is 0 Å². The lowest BCUT2D eigenvalue weighted by atomic mass is 9.87. The highest BCUT2D eigenvalue weighted by Crippen LogP contribution is 2.38. The molecule has 1 aliphatic rings. The van der Waals surface area contributed by atoms with Crippen LogP contribution in [0.15, 0.2) is 24.5 Å². The summed E-state index contributed by atoms with van der Waals surface area (Å²) in [5.74, 6) is -2.21. The molecule has 1 aromatic heterocycles. The van der Waals surface area contributed by atoms with Crippen LogP contribution in [-0.4, -0.2) is 33.9 Å². The molecule has 27 heavy (non-hydrogen) atoms. The summed E-state index contributed by atoms with van der Waals surface area (Å²) < 4.78 is 6.57. The van der Waals surface area contributed by atoms with Crippen LogP contribution in [0.5, 0.6) is 0 Å². The fraction of sp³-hybridized carbons (Fsp3) is 0.400. The second kappa shape index (κ2) is 7.64. The summed E-state index contributed by atoms with van der Waals surface area (Å²) >= 11 is 5.93. The van der Waals surface area contributed by atoms with E-state index in [2.05, 4.69) is 5.10 Å². The minimum absolute atomic E-state index is 0.0448. The first-order valence-electron chi connectivity index (χ1n) is 8.85. The van der Waals surface area contributed by atoms with Gasteiger partial charge in [0.1, 0.15) is 11.7 Å². The van der Waals surface area contributed by atoms with E-state index in [-0.39, 0.29) is 31.0 Å². The van der Waals surface area contributed by atoms with E-state index < -0.39 is 17.8 Å². The Balaban J connectivity index is 1.90. The highest BCUT2D eigenvalue weighted by atomic mass is 35.5. The maximum absolute atomic E-state index is 12.9. The van der Waals surface area contributed by atoms with Gasteiger partial charge in [-0.1, -0.05) is 11.6 Å². The van der Waals surface area contributed by atoms with Gasteiger partial charge in [0.25, 0.3) is 0 Å². The number of aromatic nitrogens is 2. The molecule has 3 rings (SSSR count). The first-order valence-corrected chi connectivity index (χ1v) is 9.23. The van der Waals surface area contributed by atoms with Crippen molar-refractivity contribution in [2.75, 3.05) is 6.61 Å². The van der Waals surface area contributed by atoms with Crippen molar-refractivity contribution in [3.63, 3.8) is 0 Å². The highest BCUT2D eigenvalue weighted by Gasteiger charge is 2.44. The number of Topliss-reactive ketones (excluding diaryl/α,β-unsaturated/α-hetero) is 2. The molecule has 2 atom stereocenters. The topological polar surface area (TPSA) is 78.3 Å². The third-order valence-electron chi connectivity index (χ3n) is 4.86. The SMILES string of the molecule is CCOC(=O)CC1CC(=O)C(c2c(C)cc(-n3cc(Cl)cn3)cc2C)C1=O. The molecule has 2 unspecified atom stereocenters. The zero-order valence-corrected chi connectivity index (χ0v) is 16.2. The Morgan fingerprint density at radius 1 is 1.30 bits per heavy atom. The van der Waals surface area contributed by atoms with Gasteiger partial charge in [-0.2, -0.15) is 5.10 Å². The van der Waals surface area contributed by atoms with Crippen molar-refractivity contribution in [2.24, 2.45) is 5.92 Å². The van der Waals surface area contributed by atoms with Gasteiger partial charge < -0.3 is 4.74 Å². The number of ketones is 2. The Morgan fingerprint density at radius 3 is 2.52 bits per heavy atom. The van der Waals surface area contributed by atoms with Gasteiger partial charge in [0.05, 0.1) is 29.9 Å². The molecule has 0 aliphatic heterocycles. The molecule has 0 bridgehead atoms. The zero-order chi connectivity index (χ0) is 19.7. The van der Waals surface area contributed by atoms with Crippen molar-refractivity contribution in [3.05, 3.63) is 46.2 Å². The van der Waals surface area contributed by atoms with E-state index in [4.69, 9.17) is 16.3 Å². The largest absolute Gasteiger partial charge is 0.466 e. The standard InChI is InChI=1S/C20H21ClN2O4/c1-4-27-17(25)8-13-7-16(24)19(20(13)26)18-11(2)5-15(6-12(18)3)23-10-14(21)9-22-23/h5-6,9-10,13,19H,4,7-8H2,1-3H3. The van der Waals surface area contributed by atoms with E-state index in [1.165, 1.54) is 0 Å². The molecule has 0 radical (unpaired) electrons. The Labute approximate surface area is 162 Å². The Morgan fingerprint density at radius 2 is 1.96 bits per heavy atom. The summed E-state index contributed by atoms with van der Waals surface area (Å²) in [7, 11) is 0. The smallest absolute Gasteiger partial charge is 0.306 e. The van der Waals surface area contributed by atoms with Gasteiger partial charge >= 0.3 is 5.97 Å². The van der Waals surface area contributed by atoms with Crippen molar-refractivity contribution < 1.29 is 19.1 Å². The van der Waals surface area contributed by atoms with E-state index in [0.29, 0.717) is 5.02 Å². The second-order valence-electron chi connectivity index (χ2n) is 6.81. The van der Waals surface area contributed by atoms with E-state index in [9.17, 15) is 14.4 Å². The van der Waals surface area contributed by atoms with Crippen molar-refractivity contribution in [1.29, 1.82) is 0 Å². The highest BCUT2D eigenvalue weighted by molar-refractivity contribution is 6.30. The number of halogens is 1. The maximum Gasteiger partial charge on any atom is 0.306 e. The van der Waals surface area contributed by atoms with Gasteiger partial charge in [-0.15, -0.1) is 0 Å². The molecule has 1 aliphatic carbocycles. The third kappa shape index (κ3) is 3.81. The van der Waals surface area contributed by atoms with Crippen LogP contribution in [0.25, 0.3) is 5.69 Å². The Kier molecular flexibility index (Phi) is 5.46. The molecular formula is C20H21ClN2O4. The van der Waals surface area contributed by atoms with Gasteiger partial charge in [0.2, 0.25) is 0 Å². The van der Waals surface area contributed by atoms with Crippen molar-refractivity contribution >= 4 is 29.1 Å². The van der Waals surface area contributed by atoms with Gasteiger partial charge in [0.15, 0.2) is 5.78 Å². The van der Waals surface area contributed by atoms with Crippen molar-refractivity contribution in [1.82, 2.24) is 9.78 Å². The third-order valence-corrected chi connectivity index (χ3v) is 5.05. The fourth-order valence-electron chi connectivity index (χ4n) is 3.73. The maximum atomic E-state index is 12.9. The van der Waals surface area contributed by atoms with E-state index in [1.807, 2.05) is 26.0 Å². The summed E-state index contributed by atoms with van der Waals surface area (Å²) in [5, 5.41) is 4.71. The van der Waals surface area contributed by atoms with Crippen LogP contribution in [0.1, 0.15) is 42.4 Å². The average Bonchev–Trinajstić information content (AvgIpc) is 3.13. The van der Waals surface area contributed by atoms with Crippen LogP contribution in [-0.2, 0) is 19.1 Å². The Bertz CT molecular complexity index is 895. The lowest BCUT2D eigenvalue weighted by Gasteiger charge is -2.17. The second-order valence-corrected chi connectivity index (χ2v) is 7.24. The molecule has 0 amide bonds. The first kappa shape index (κ1) is 19.3. The van der Waals surface area contributed by atoms with E-state index in [1.54, 1.807) is 24.0 Å². The van der Waals surface area contributed by atoms with Crippen LogP contribution < -0.4 is 0 Å². The zero-order valence-electron chi connectivity index (χ0n) is 15.5. The molecule has 0 N–H and O–H groups in total. The number of hydrogen-bond acceptors (Lipinski definition) is 5. The molecule has 1 aromatic carbocycles. The molecule has 7 heteroatoms. The van der Waals surface area contributed by atoms with E-state index in [0.717, 1.165) is 22.4 Å². The molecule has 1 fully saturated rings. The van der Waals surface area contributed by atoms with Gasteiger partial charge in [-0.25, -0.2) is 4.68 Å². The summed E-state index contributed by atoms with van der Waals surface area (Å²) in [4.78, 5) is 37.2. The van der Waals surface area contributed by atoms with Gasteiger partial charge in [-0.05, 0) is 49.6 Å².